The highest BCUT2D eigenvalue weighted by atomic mass is 19.1. The smallest absolute Gasteiger partial charge is 0.145 e. The zero-order chi connectivity index (χ0) is 13.8. The Morgan fingerprint density at radius 1 is 1.47 bits per heavy atom. The Labute approximate surface area is 112 Å². The van der Waals surface area contributed by atoms with Gasteiger partial charge in [-0.3, -0.25) is 9.69 Å². The summed E-state index contributed by atoms with van der Waals surface area (Å²) in [5.41, 5.74) is 0.649. The Kier molecular flexibility index (Phi) is 4.28. The minimum Gasteiger partial charge on any atom is -0.300 e. The molecule has 0 spiro atoms. The first-order chi connectivity index (χ1) is 9.11. The number of nitriles is 1. The Hall–Kier alpha value is -1.73. The molecular weight excluding hydrogens is 243 g/mol. The lowest BCUT2D eigenvalue weighted by Crippen LogP contribution is -2.35. The number of likely N-dealkylation sites (tertiary alicyclic amines) is 1. The molecule has 0 saturated carbocycles. The zero-order valence-corrected chi connectivity index (χ0v) is 11.0. The molecule has 1 heterocycles. The number of ketones is 1. The minimum absolute atomic E-state index is 0.0936. The highest BCUT2D eigenvalue weighted by Crippen LogP contribution is 2.21. The van der Waals surface area contributed by atoms with Crippen molar-refractivity contribution in [3.05, 3.63) is 35.1 Å². The van der Waals surface area contributed by atoms with Gasteiger partial charge in [-0.1, -0.05) is 12.1 Å². The quantitative estimate of drug-likeness (QED) is 0.838. The van der Waals surface area contributed by atoms with Crippen molar-refractivity contribution in [1.29, 1.82) is 5.26 Å². The fraction of sp³-hybridized carbons (Fsp3) is 0.467. The first-order valence-electron chi connectivity index (χ1n) is 6.52. The van der Waals surface area contributed by atoms with Crippen molar-refractivity contribution < 1.29 is 9.18 Å². The largest absolute Gasteiger partial charge is 0.300 e. The first kappa shape index (κ1) is 13.7. The van der Waals surface area contributed by atoms with E-state index in [0.717, 1.165) is 25.9 Å². The number of hydrogen-bond donors (Lipinski definition) is 0. The standard InChI is InChI=1S/C15H17FN2O/c1-11(19)12-5-7-18(8-6-12)10-14-4-2-3-13(9-17)15(14)16/h2-4,12H,5-8,10H2,1H3. The van der Waals surface area contributed by atoms with Gasteiger partial charge in [0, 0.05) is 18.0 Å². The third-order valence-electron chi connectivity index (χ3n) is 3.76. The van der Waals surface area contributed by atoms with Crippen LogP contribution in [0.4, 0.5) is 4.39 Å². The number of carbonyl (C=O) groups excluding carboxylic acids is 1. The summed E-state index contributed by atoms with van der Waals surface area (Å²) in [4.78, 5) is 13.4. The van der Waals surface area contributed by atoms with Crippen molar-refractivity contribution in [2.24, 2.45) is 5.92 Å². The van der Waals surface area contributed by atoms with Gasteiger partial charge in [0.25, 0.3) is 0 Å². The van der Waals surface area contributed by atoms with Crippen LogP contribution in [0.25, 0.3) is 0 Å². The van der Waals surface area contributed by atoms with Crippen molar-refractivity contribution >= 4 is 5.78 Å². The summed E-state index contributed by atoms with van der Waals surface area (Å²) < 4.78 is 13.9. The summed E-state index contributed by atoms with van der Waals surface area (Å²) in [7, 11) is 0. The lowest BCUT2D eigenvalue weighted by Gasteiger charge is -2.30. The molecule has 0 aliphatic carbocycles. The molecule has 0 aromatic heterocycles. The van der Waals surface area contributed by atoms with E-state index in [1.54, 1.807) is 19.1 Å². The fourth-order valence-electron chi connectivity index (χ4n) is 2.53. The molecule has 0 radical (unpaired) electrons. The molecule has 1 fully saturated rings. The normalized spacial score (nSPS) is 17.1. The number of benzene rings is 1. The molecule has 100 valence electrons. The maximum absolute atomic E-state index is 13.9. The van der Waals surface area contributed by atoms with Gasteiger partial charge >= 0.3 is 0 Å². The Morgan fingerprint density at radius 3 is 2.74 bits per heavy atom. The van der Waals surface area contributed by atoms with Gasteiger partial charge in [0.05, 0.1) is 5.56 Å². The van der Waals surface area contributed by atoms with Gasteiger partial charge in [0.15, 0.2) is 0 Å². The second-order valence-electron chi connectivity index (χ2n) is 5.05. The molecule has 4 heteroatoms. The summed E-state index contributed by atoms with van der Waals surface area (Å²) in [5.74, 6) is -0.0115. The van der Waals surface area contributed by atoms with Crippen LogP contribution in [-0.4, -0.2) is 23.8 Å². The molecular formula is C15H17FN2O. The van der Waals surface area contributed by atoms with Crippen molar-refractivity contribution in [2.75, 3.05) is 13.1 Å². The number of carbonyl (C=O) groups is 1. The Morgan fingerprint density at radius 2 is 2.16 bits per heavy atom. The molecule has 0 amide bonds. The van der Waals surface area contributed by atoms with E-state index < -0.39 is 5.82 Å². The summed E-state index contributed by atoms with van der Waals surface area (Å²) in [6, 6.07) is 6.77. The maximum atomic E-state index is 13.9. The third kappa shape index (κ3) is 3.18. The second-order valence-corrected chi connectivity index (χ2v) is 5.05. The Balaban J connectivity index is 2.00. The van der Waals surface area contributed by atoms with Gasteiger partial charge in [-0.2, -0.15) is 5.26 Å². The lowest BCUT2D eigenvalue weighted by atomic mass is 9.93. The van der Waals surface area contributed by atoms with E-state index >= 15 is 0 Å². The van der Waals surface area contributed by atoms with Crippen LogP contribution in [0.15, 0.2) is 18.2 Å². The van der Waals surface area contributed by atoms with Crippen LogP contribution in [0, 0.1) is 23.1 Å². The van der Waals surface area contributed by atoms with Crippen LogP contribution in [0.2, 0.25) is 0 Å². The van der Waals surface area contributed by atoms with Crippen LogP contribution in [0.5, 0.6) is 0 Å². The number of nitrogens with zero attached hydrogens (tertiary/aromatic N) is 2. The third-order valence-corrected chi connectivity index (χ3v) is 3.76. The predicted octanol–water partition coefficient (Wildman–Crippen LogP) is 2.50. The van der Waals surface area contributed by atoms with Gasteiger partial charge in [0.2, 0.25) is 0 Å². The van der Waals surface area contributed by atoms with Gasteiger partial charge < -0.3 is 0 Å². The van der Waals surface area contributed by atoms with Gasteiger partial charge in [-0.25, -0.2) is 4.39 Å². The van der Waals surface area contributed by atoms with E-state index in [0.29, 0.717) is 12.1 Å². The van der Waals surface area contributed by atoms with Crippen LogP contribution in [0.3, 0.4) is 0 Å². The molecule has 1 aromatic rings. The zero-order valence-electron chi connectivity index (χ0n) is 11.0. The molecule has 0 atom stereocenters. The highest BCUT2D eigenvalue weighted by Gasteiger charge is 2.23. The van der Waals surface area contributed by atoms with Crippen molar-refractivity contribution in [2.45, 2.75) is 26.3 Å². The highest BCUT2D eigenvalue weighted by molar-refractivity contribution is 5.78. The molecule has 1 aliphatic rings. The van der Waals surface area contributed by atoms with E-state index in [-0.39, 0.29) is 17.3 Å². The SMILES string of the molecule is CC(=O)C1CCN(Cc2cccc(C#N)c2F)CC1. The lowest BCUT2D eigenvalue weighted by molar-refractivity contribution is -0.122. The summed E-state index contributed by atoms with van der Waals surface area (Å²) in [6.45, 7) is 3.75. The average Bonchev–Trinajstić information content (AvgIpc) is 2.42. The van der Waals surface area contributed by atoms with Gasteiger partial charge in [0.1, 0.15) is 17.7 Å². The van der Waals surface area contributed by atoms with E-state index in [2.05, 4.69) is 4.90 Å². The molecule has 1 saturated heterocycles. The van der Waals surface area contributed by atoms with Crippen LogP contribution >= 0.6 is 0 Å². The molecule has 1 aliphatic heterocycles. The molecule has 1 aromatic carbocycles. The molecule has 2 rings (SSSR count). The summed E-state index contributed by atoms with van der Waals surface area (Å²) in [5, 5.41) is 8.80. The number of Topliss-reactive ketones (excluding diaryl/α,β-unsaturated/α-hetero) is 1. The minimum atomic E-state index is -0.418. The van der Waals surface area contributed by atoms with Crippen molar-refractivity contribution in [3.8, 4) is 6.07 Å². The Bertz CT molecular complexity index is 513. The fourth-order valence-corrected chi connectivity index (χ4v) is 2.53. The van der Waals surface area contributed by atoms with Crippen molar-refractivity contribution in [3.63, 3.8) is 0 Å². The number of halogens is 1. The molecule has 0 bridgehead atoms. The number of piperidine rings is 1. The second kappa shape index (κ2) is 5.94. The number of hydrogen-bond acceptors (Lipinski definition) is 3. The molecule has 0 N–H and O–H groups in total. The monoisotopic (exact) mass is 260 g/mol. The summed E-state index contributed by atoms with van der Waals surface area (Å²) >= 11 is 0. The van der Waals surface area contributed by atoms with E-state index in [1.807, 2.05) is 6.07 Å². The van der Waals surface area contributed by atoms with Crippen LogP contribution in [0.1, 0.15) is 30.9 Å². The topological polar surface area (TPSA) is 44.1 Å². The summed E-state index contributed by atoms with van der Waals surface area (Å²) in [6.07, 6.45) is 1.68. The molecule has 3 nitrogen and oxygen atoms in total. The molecule has 0 unspecified atom stereocenters. The van der Waals surface area contributed by atoms with E-state index in [1.165, 1.54) is 6.07 Å². The van der Waals surface area contributed by atoms with Crippen LogP contribution < -0.4 is 0 Å². The van der Waals surface area contributed by atoms with Crippen molar-refractivity contribution in [1.82, 2.24) is 4.90 Å². The van der Waals surface area contributed by atoms with Gasteiger partial charge in [-0.05, 0) is 38.9 Å². The van der Waals surface area contributed by atoms with E-state index in [9.17, 15) is 9.18 Å². The van der Waals surface area contributed by atoms with Gasteiger partial charge in [-0.15, -0.1) is 0 Å². The first-order valence-corrected chi connectivity index (χ1v) is 6.52. The average molecular weight is 260 g/mol. The van der Waals surface area contributed by atoms with Crippen LogP contribution in [-0.2, 0) is 11.3 Å². The van der Waals surface area contributed by atoms with E-state index in [4.69, 9.17) is 5.26 Å². The molecule has 19 heavy (non-hydrogen) atoms. The predicted molar refractivity (Wildman–Crippen MR) is 69.8 cm³/mol. The maximum Gasteiger partial charge on any atom is 0.145 e. The number of rotatable bonds is 3.